The smallest absolute Gasteiger partial charge is 0.211 e. The van der Waals surface area contributed by atoms with Crippen molar-refractivity contribution in [1.29, 1.82) is 0 Å². The minimum absolute atomic E-state index is 0.275. The van der Waals surface area contributed by atoms with E-state index in [1.807, 2.05) is 12.1 Å². The molecular weight excluding hydrogens is 323 g/mol. The zero-order valence-electron chi connectivity index (χ0n) is 11.6. The Hall–Kier alpha value is -2.22. The Labute approximate surface area is 137 Å². The summed E-state index contributed by atoms with van der Waals surface area (Å²) >= 11 is 12.2. The molecular formula is C16H10Cl2N2O2. The number of nitrogens with zero attached hydrogens (tertiary/aromatic N) is 2. The standard InChI is InChI=1S/C16H10Cl2N2O2/c1-10-11(7-12-3-2-4-13(17)15(12)18)5-6-14(19-8-21)16(10)20-9-22/h2-6H,7H2,1H3. The predicted octanol–water partition coefficient (Wildman–Crippen LogP) is 4.83. The molecule has 0 amide bonds. The summed E-state index contributed by atoms with van der Waals surface area (Å²) in [6.07, 6.45) is 3.43. The third kappa shape index (κ3) is 3.33. The molecule has 0 N–H and O–H groups in total. The molecule has 0 aliphatic rings. The minimum Gasteiger partial charge on any atom is -0.211 e. The molecule has 2 aromatic rings. The Balaban J connectivity index is 2.53. The fourth-order valence-electron chi connectivity index (χ4n) is 2.14. The number of halogens is 2. The van der Waals surface area contributed by atoms with Gasteiger partial charge in [-0.2, -0.15) is 9.98 Å². The quantitative estimate of drug-likeness (QED) is 0.594. The second-order valence-electron chi connectivity index (χ2n) is 4.51. The summed E-state index contributed by atoms with van der Waals surface area (Å²) in [6.45, 7) is 1.79. The van der Waals surface area contributed by atoms with Gasteiger partial charge in [0.2, 0.25) is 12.2 Å². The number of carbonyl (C=O) groups excluding carboxylic acids is 2. The molecule has 6 heteroatoms. The third-order valence-corrected chi connectivity index (χ3v) is 4.12. The van der Waals surface area contributed by atoms with Gasteiger partial charge in [-0.25, -0.2) is 9.59 Å². The van der Waals surface area contributed by atoms with E-state index in [1.165, 1.54) is 12.2 Å². The van der Waals surface area contributed by atoms with Gasteiger partial charge in [0.1, 0.15) is 11.4 Å². The number of aliphatic imine (C=N–C) groups is 2. The van der Waals surface area contributed by atoms with Crippen LogP contribution in [0.1, 0.15) is 16.7 Å². The molecule has 0 aliphatic heterocycles. The van der Waals surface area contributed by atoms with Gasteiger partial charge in [-0.1, -0.05) is 41.4 Å². The van der Waals surface area contributed by atoms with E-state index in [-0.39, 0.29) is 5.69 Å². The lowest BCUT2D eigenvalue weighted by Gasteiger charge is -2.11. The van der Waals surface area contributed by atoms with Crippen molar-refractivity contribution in [2.75, 3.05) is 0 Å². The fraction of sp³-hybridized carbons (Fsp3) is 0.125. The molecule has 0 bridgehead atoms. The van der Waals surface area contributed by atoms with Gasteiger partial charge in [0.15, 0.2) is 0 Å². The van der Waals surface area contributed by atoms with Crippen molar-refractivity contribution >= 4 is 46.7 Å². The lowest BCUT2D eigenvalue weighted by Crippen LogP contribution is -1.94. The van der Waals surface area contributed by atoms with Gasteiger partial charge in [-0.3, -0.25) is 0 Å². The van der Waals surface area contributed by atoms with Gasteiger partial charge in [-0.15, -0.1) is 0 Å². The van der Waals surface area contributed by atoms with Crippen molar-refractivity contribution in [2.24, 2.45) is 9.98 Å². The molecule has 110 valence electrons. The maximum absolute atomic E-state index is 10.6. The zero-order chi connectivity index (χ0) is 16.1. The average Bonchev–Trinajstić information content (AvgIpc) is 2.50. The zero-order valence-corrected chi connectivity index (χ0v) is 13.1. The average molecular weight is 333 g/mol. The first-order valence-electron chi connectivity index (χ1n) is 6.29. The number of benzene rings is 2. The van der Waals surface area contributed by atoms with Crippen LogP contribution >= 0.6 is 23.2 Å². The highest BCUT2D eigenvalue weighted by Crippen LogP contribution is 2.35. The van der Waals surface area contributed by atoms with E-state index in [1.54, 1.807) is 25.1 Å². The molecule has 0 saturated carbocycles. The molecule has 0 heterocycles. The monoisotopic (exact) mass is 332 g/mol. The van der Waals surface area contributed by atoms with E-state index in [9.17, 15) is 9.59 Å². The van der Waals surface area contributed by atoms with Crippen LogP contribution in [-0.2, 0) is 16.0 Å². The first-order chi connectivity index (χ1) is 10.6. The lowest BCUT2D eigenvalue weighted by molar-refractivity contribution is 0.564. The van der Waals surface area contributed by atoms with Crippen molar-refractivity contribution in [1.82, 2.24) is 0 Å². The molecule has 2 aromatic carbocycles. The topological polar surface area (TPSA) is 58.9 Å². The summed E-state index contributed by atoms with van der Waals surface area (Å²) in [7, 11) is 0. The largest absolute Gasteiger partial charge is 0.240 e. The Kier molecular flexibility index (Phi) is 5.26. The summed E-state index contributed by atoms with van der Waals surface area (Å²) in [5.74, 6) is 0. The maximum Gasteiger partial charge on any atom is 0.240 e. The van der Waals surface area contributed by atoms with Crippen molar-refractivity contribution in [2.45, 2.75) is 13.3 Å². The van der Waals surface area contributed by atoms with Crippen molar-refractivity contribution in [3.63, 3.8) is 0 Å². The van der Waals surface area contributed by atoms with E-state index in [0.717, 1.165) is 16.7 Å². The Morgan fingerprint density at radius 1 is 1.00 bits per heavy atom. The van der Waals surface area contributed by atoms with Crippen molar-refractivity contribution in [3.05, 3.63) is 57.1 Å². The first kappa shape index (κ1) is 16.2. The maximum atomic E-state index is 10.6. The molecule has 4 nitrogen and oxygen atoms in total. The summed E-state index contributed by atoms with van der Waals surface area (Å²) in [4.78, 5) is 28.2. The third-order valence-electron chi connectivity index (χ3n) is 3.26. The highest BCUT2D eigenvalue weighted by atomic mass is 35.5. The molecule has 22 heavy (non-hydrogen) atoms. The fourth-order valence-corrected chi connectivity index (χ4v) is 2.52. The Morgan fingerprint density at radius 3 is 2.41 bits per heavy atom. The van der Waals surface area contributed by atoms with Gasteiger partial charge in [0.25, 0.3) is 0 Å². The van der Waals surface area contributed by atoms with Crippen LogP contribution in [-0.4, -0.2) is 12.2 Å². The normalized spacial score (nSPS) is 9.77. The highest BCUT2D eigenvalue weighted by Gasteiger charge is 2.12. The van der Waals surface area contributed by atoms with Crippen molar-refractivity contribution in [3.8, 4) is 0 Å². The van der Waals surface area contributed by atoms with E-state index >= 15 is 0 Å². The number of isocyanates is 2. The van der Waals surface area contributed by atoms with Crippen molar-refractivity contribution < 1.29 is 9.59 Å². The van der Waals surface area contributed by atoms with Gasteiger partial charge < -0.3 is 0 Å². The lowest BCUT2D eigenvalue weighted by atomic mass is 9.98. The Bertz CT molecular complexity index is 821. The SMILES string of the molecule is Cc1c(Cc2cccc(Cl)c2Cl)ccc(N=C=O)c1N=C=O. The van der Waals surface area contributed by atoms with Crippen LogP contribution in [0.25, 0.3) is 0 Å². The van der Waals surface area contributed by atoms with Gasteiger partial charge in [0.05, 0.1) is 10.0 Å². The number of hydrogen-bond acceptors (Lipinski definition) is 4. The summed E-state index contributed by atoms with van der Waals surface area (Å²) in [5, 5.41) is 0.962. The molecule has 0 atom stereocenters. The molecule has 0 radical (unpaired) electrons. The molecule has 0 fully saturated rings. The molecule has 0 unspecified atom stereocenters. The molecule has 2 rings (SSSR count). The highest BCUT2D eigenvalue weighted by molar-refractivity contribution is 6.42. The van der Waals surface area contributed by atoms with Gasteiger partial charge in [-0.05, 0) is 42.2 Å². The number of hydrogen-bond donors (Lipinski definition) is 0. The van der Waals surface area contributed by atoms with Gasteiger partial charge >= 0.3 is 0 Å². The molecule has 0 aromatic heterocycles. The number of rotatable bonds is 4. The molecule has 0 saturated heterocycles. The van der Waals surface area contributed by atoms with Crippen LogP contribution in [0.5, 0.6) is 0 Å². The van der Waals surface area contributed by atoms with E-state index in [0.29, 0.717) is 22.2 Å². The minimum atomic E-state index is 0.275. The van der Waals surface area contributed by atoms with E-state index < -0.39 is 0 Å². The summed E-state index contributed by atoms with van der Waals surface area (Å²) < 4.78 is 0. The van der Waals surface area contributed by atoms with Crippen LogP contribution in [0.3, 0.4) is 0 Å². The first-order valence-corrected chi connectivity index (χ1v) is 7.05. The van der Waals surface area contributed by atoms with Crippen LogP contribution in [0, 0.1) is 6.92 Å². The predicted molar refractivity (Wildman–Crippen MR) is 86.0 cm³/mol. The van der Waals surface area contributed by atoms with E-state index in [4.69, 9.17) is 23.2 Å². The van der Waals surface area contributed by atoms with Crippen LogP contribution < -0.4 is 0 Å². The van der Waals surface area contributed by atoms with Crippen LogP contribution in [0.4, 0.5) is 11.4 Å². The Morgan fingerprint density at radius 2 is 1.73 bits per heavy atom. The second kappa shape index (κ2) is 7.17. The second-order valence-corrected chi connectivity index (χ2v) is 5.30. The molecule has 0 spiro atoms. The summed E-state index contributed by atoms with van der Waals surface area (Å²) in [5.41, 5.74) is 3.04. The van der Waals surface area contributed by atoms with Crippen LogP contribution in [0.2, 0.25) is 10.0 Å². The van der Waals surface area contributed by atoms with Crippen LogP contribution in [0.15, 0.2) is 40.3 Å². The van der Waals surface area contributed by atoms with E-state index in [2.05, 4.69) is 9.98 Å². The molecule has 0 aliphatic carbocycles. The summed E-state index contributed by atoms with van der Waals surface area (Å²) in [6, 6.07) is 8.79. The van der Waals surface area contributed by atoms with Gasteiger partial charge in [0, 0.05) is 0 Å².